The van der Waals surface area contributed by atoms with E-state index in [2.05, 4.69) is 26.2 Å². The summed E-state index contributed by atoms with van der Waals surface area (Å²) in [6.45, 7) is 1.92. The molecule has 0 aliphatic heterocycles. The fourth-order valence-electron chi connectivity index (χ4n) is 1.64. The molecule has 0 saturated heterocycles. The predicted molar refractivity (Wildman–Crippen MR) is 79.3 cm³/mol. The molecule has 0 radical (unpaired) electrons. The molecule has 1 aromatic heterocycles. The van der Waals surface area contributed by atoms with Crippen molar-refractivity contribution in [1.82, 2.24) is 10.3 Å². The molecule has 1 N–H and O–H groups in total. The maximum absolute atomic E-state index is 12.0. The van der Waals surface area contributed by atoms with Gasteiger partial charge in [0.25, 0.3) is 5.91 Å². The maximum atomic E-state index is 12.0. The van der Waals surface area contributed by atoms with E-state index < -0.39 is 0 Å². The molecule has 1 atom stereocenters. The third kappa shape index (κ3) is 3.78. The molecule has 0 bridgehead atoms. The number of halogens is 2. The average Bonchev–Trinajstić information content (AvgIpc) is 2.39. The summed E-state index contributed by atoms with van der Waals surface area (Å²) in [5, 5.41) is 3.19. The molecule has 0 unspecified atom stereocenters. The molecular formula is C14H12BrClN2O. The second-order valence-electron chi connectivity index (χ2n) is 4.09. The van der Waals surface area contributed by atoms with Crippen molar-refractivity contribution in [2.24, 2.45) is 0 Å². The van der Waals surface area contributed by atoms with Crippen molar-refractivity contribution >= 4 is 33.4 Å². The third-order valence-electron chi connectivity index (χ3n) is 2.67. The van der Waals surface area contributed by atoms with E-state index in [1.165, 1.54) is 0 Å². The number of pyridine rings is 1. The van der Waals surface area contributed by atoms with E-state index in [0.717, 1.165) is 10.0 Å². The van der Waals surface area contributed by atoms with E-state index in [1.54, 1.807) is 18.2 Å². The maximum Gasteiger partial charge on any atom is 0.270 e. The molecule has 3 nitrogen and oxygen atoms in total. The lowest BCUT2D eigenvalue weighted by molar-refractivity contribution is 0.0935. The number of aromatic nitrogens is 1. The van der Waals surface area contributed by atoms with E-state index in [1.807, 2.05) is 31.2 Å². The summed E-state index contributed by atoms with van der Waals surface area (Å²) in [5.74, 6) is -0.238. The van der Waals surface area contributed by atoms with Crippen LogP contribution in [0.3, 0.4) is 0 Å². The second kappa shape index (κ2) is 6.17. The Morgan fingerprint density at radius 1 is 1.26 bits per heavy atom. The molecule has 1 amide bonds. The molecule has 0 aliphatic rings. The quantitative estimate of drug-likeness (QED) is 0.859. The lowest BCUT2D eigenvalue weighted by Gasteiger charge is -2.14. The smallest absolute Gasteiger partial charge is 0.270 e. The number of amides is 1. The van der Waals surface area contributed by atoms with Crippen molar-refractivity contribution in [2.45, 2.75) is 13.0 Å². The first kappa shape index (κ1) is 14.0. The Bertz CT molecular complexity index is 586. The molecule has 0 aliphatic carbocycles. The van der Waals surface area contributed by atoms with Crippen LogP contribution in [0.25, 0.3) is 0 Å². The molecule has 98 valence electrons. The van der Waals surface area contributed by atoms with Crippen LogP contribution in [0.1, 0.15) is 29.0 Å². The highest BCUT2D eigenvalue weighted by atomic mass is 79.9. The van der Waals surface area contributed by atoms with Crippen LogP contribution in [-0.2, 0) is 0 Å². The average molecular weight is 340 g/mol. The zero-order valence-corrected chi connectivity index (χ0v) is 12.6. The van der Waals surface area contributed by atoms with Crippen LogP contribution >= 0.6 is 27.5 Å². The van der Waals surface area contributed by atoms with Crippen LogP contribution in [0.15, 0.2) is 46.9 Å². The number of carbonyl (C=O) groups is 1. The number of hydrogen-bond acceptors (Lipinski definition) is 2. The van der Waals surface area contributed by atoms with E-state index in [4.69, 9.17) is 11.6 Å². The van der Waals surface area contributed by atoms with E-state index in [9.17, 15) is 4.79 Å². The zero-order valence-electron chi connectivity index (χ0n) is 10.2. The summed E-state index contributed by atoms with van der Waals surface area (Å²) >= 11 is 9.14. The van der Waals surface area contributed by atoms with Crippen molar-refractivity contribution in [3.63, 3.8) is 0 Å². The van der Waals surface area contributed by atoms with Crippen LogP contribution in [0, 0.1) is 0 Å². The third-order valence-corrected chi connectivity index (χ3v) is 3.40. The van der Waals surface area contributed by atoms with Gasteiger partial charge in [0.05, 0.1) is 6.04 Å². The summed E-state index contributed by atoms with van der Waals surface area (Å²) in [6, 6.07) is 12.7. The van der Waals surface area contributed by atoms with Gasteiger partial charge in [-0.15, -0.1) is 0 Å². The number of rotatable bonds is 3. The van der Waals surface area contributed by atoms with E-state index >= 15 is 0 Å². The van der Waals surface area contributed by atoms with Gasteiger partial charge in [-0.05, 0) is 36.8 Å². The normalized spacial score (nSPS) is 11.9. The fraction of sp³-hybridized carbons (Fsp3) is 0.143. The Morgan fingerprint density at radius 3 is 2.58 bits per heavy atom. The van der Waals surface area contributed by atoms with E-state index in [0.29, 0.717) is 10.8 Å². The number of hydrogen-bond donors (Lipinski definition) is 1. The lowest BCUT2D eigenvalue weighted by atomic mass is 10.1. The summed E-state index contributed by atoms with van der Waals surface area (Å²) in [6.07, 6.45) is 0. The van der Waals surface area contributed by atoms with Crippen LogP contribution < -0.4 is 5.32 Å². The standard InChI is InChI=1S/C14H12BrClN2O/c1-9(10-5-7-11(15)8-6-10)17-14(19)12-3-2-4-13(16)18-12/h2-9H,1H3,(H,17,19)/t9-/m0/s1. The van der Waals surface area contributed by atoms with Crippen LogP contribution in [0.4, 0.5) is 0 Å². The molecule has 5 heteroatoms. The van der Waals surface area contributed by atoms with Gasteiger partial charge in [0.15, 0.2) is 0 Å². The minimum absolute atomic E-state index is 0.0959. The first-order chi connectivity index (χ1) is 9.06. The lowest BCUT2D eigenvalue weighted by Crippen LogP contribution is -2.27. The first-order valence-electron chi connectivity index (χ1n) is 5.75. The van der Waals surface area contributed by atoms with Gasteiger partial charge in [-0.25, -0.2) is 4.98 Å². The molecule has 1 aromatic carbocycles. The van der Waals surface area contributed by atoms with Gasteiger partial charge in [-0.3, -0.25) is 4.79 Å². The largest absolute Gasteiger partial charge is 0.344 e. The van der Waals surface area contributed by atoms with Gasteiger partial charge in [-0.2, -0.15) is 0 Å². The molecule has 2 rings (SSSR count). The molecular weight excluding hydrogens is 328 g/mol. The predicted octanol–water partition coefficient (Wildman–Crippen LogP) is 3.99. The van der Waals surface area contributed by atoms with Gasteiger partial charge in [-0.1, -0.05) is 45.7 Å². The molecule has 1 heterocycles. The highest BCUT2D eigenvalue weighted by Crippen LogP contribution is 2.17. The van der Waals surface area contributed by atoms with Gasteiger partial charge < -0.3 is 5.32 Å². The van der Waals surface area contributed by atoms with Crippen molar-refractivity contribution in [1.29, 1.82) is 0 Å². The summed E-state index contributed by atoms with van der Waals surface area (Å²) in [7, 11) is 0. The van der Waals surface area contributed by atoms with Crippen LogP contribution in [0.5, 0.6) is 0 Å². The van der Waals surface area contributed by atoms with Gasteiger partial charge in [0, 0.05) is 4.47 Å². The molecule has 19 heavy (non-hydrogen) atoms. The Kier molecular flexibility index (Phi) is 4.56. The molecule has 0 saturated carbocycles. The summed E-state index contributed by atoms with van der Waals surface area (Å²) < 4.78 is 1.01. The molecule has 2 aromatic rings. The first-order valence-corrected chi connectivity index (χ1v) is 6.92. The monoisotopic (exact) mass is 338 g/mol. The fourth-order valence-corrected chi connectivity index (χ4v) is 2.07. The Morgan fingerprint density at radius 2 is 1.95 bits per heavy atom. The van der Waals surface area contributed by atoms with Gasteiger partial charge in [0.2, 0.25) is 0 Å². The van der Waals surface area contributed by atoms with E-state index in [-0.39, 0.29) is 11.9 Å². The topological polar surface area (TPSA) is 42.0 Å². The Labute approximate surface area is 125 Å². The van der Waals surface area contributed by atoms with Gasteiger partial charge in [0.1, 0.15) is 10.8 Å². The SMILES string of the molecule is C[C@H](NC(=O)c1cccc(Cl)n1)c1ccc(Br)cc1. The number of nitrogens with zero attached hydrogens (tertiary/aromatic N) is 1. The van der Waals surface area contributed by atoms with Gasteiger partial charge >= 0.3 is 0 Å². The van der Waals surface area contributed by atoms with Crippen molar-refractivity contribution in [3.8, 4) is 0 Å². The summed E-state index contributed by atoms with van der Waals surface area (Å²) in [5.41, 5.74) is 1.34. The van der Waals surface area contributed by atoms with Crippen molar-refractivity contribution < 1.29 is 4.79 Å². The Balaban J connectivity index is 2.08. The molecule has 0 fully saturated rings. The van der Waals surface area contributed by atoms with Crippen molar-refractivity contribution in [2.75, 3.05) is 0 Å². The second-order valence-corrected chi connectivity index (χ2v) is 5.40. The minimum atomic E-state index is -0.238. The number of nitrogens with one attached hydrogen (secondary N) is 1. The highest BCUT2D eigenvalue weighted by Gasteiger charge is 2.12. The number of benzene rings is 1. The zero-order chi connectivity index (χ0) is 13.8. The van der Waals surface area contributed by atoms with Crippen LogP contribution in [0.2, 0.25) is 5.15 Å². The number of carbonyl (C=O) groups excluding carboxylic acids is 1. The highest BCUT2D eigenvalue weighted by molar-refractivity contribution is 9.10. The minimum Gasteiger partial charge on any atom is -0.344 e. The summed E-state index contributed by atoms with van der Waals surface area (Å²) in [4.78, 5) is 16.0. The Hall–Kier alpha value is -1.39. The van der Waals surface area contributed by atoms with Crippen molar-refractivity contribution in [3.05, 3.63) is 63.3 Å². The molecule has 0 spiro atoms. The van der Waals surface area contributed by atoms with Crippen LogP contribution in [-0.4, -0.2) is 10.9 Å².